The van der Waals surface area contributed by atoms with E-state index in [1.54, 1.807) is 12.1 Å². The van der Waals surface area contributed by atoms with E-state index in [1.165, 1.54) is 6.07 Å². The molecule has 2 rings (SSSR count). The lowest BCUT2D eigenvalue weighted by Gasteiger charge is -2.13. The predicted octanol–water partition coefficient (Wildman–Crippen LogP) is 2.34. The quantitative estimate of drug-likeness (QED) is 0.832. The smallest absolute Gasteiger partial charge is 0.129 e. The van der Waals surface area contributed by atoms with Gasteiger partial charge in [0.15, 0.2) is 0 Å². The van der Waals surface area contributed by atoms with Gasteiger partial charge in [-0.25, -0.2) is 4.39 Å². The summed E-state index contributed by atoms with van der Waals surface area (Å²) in [6.45, 7) is 1.43. The van der Waals surface area contributed by atoms with E-state index < -0.39 is 0 Å². The molecule has 4 heteroatoms. The summed E-state index contributed by atoms with van der Waals surface area (Å²) in [5.74, 6) is -0.283. The van der Waals surface area contributed by atoms with Crippen LogP contribution < -0.4 is 5.32 Å². The van der Waals surface area contributed by atoms with E-state index in [2.05, 4.69) is 5.32 Å². The number of hydrogen-bond acceptors (Lipinski definition) is 2. The summed E-state index contributed by atoms with van der Waals surface area (Å²) in [6.07, 6.45) is 2.11. The Labute approximate surface area is 99.4 Å². The van der Waals surface area contributed by atoms with Crippen molar-refractivity contribution >= 4 is 11.6 Å². The van der Waals surface area contributed by atoms with Gasteiger partial charge in [0.1, 0.15) is 5.82 Å². The second-order valence-corrected chi connectivity index (χ2v) is 4.93. The van der Waals surface area contributed by atoms with Crippen LogP contribution in [0.4, 0.5) is 4.39 Å². The topological polar surface area (TPSA) is 32.3 Å². The molecule has 0 aromatic heterocycles. The second-order valence-electron chi connectivity index (χ2n) is 4.50. The molecule has 1 fully saturated rings. The van der Waals surface area contributed by atoms with Gasteiger partial charge < -0.3 is 10.4 Å². The van der Waals surface area contributed by atoms with E-state index >= 15 is 0 Å². The molecule has 1 aromatic carbocycles. The first-order chi connectivity index (χ1) is 7.65. The van der Waals surface area contributed by atoms with E-state index in [-0.39, 0.29) is 17.8 Å². The van der Waals surface area contributed by atoms with Gasteiger partial charge in [0.2, 0.25) is 0 Å². The van der Waals surface area contributed by atoms with Gasteiger partial charge in [-0.1, -0.05) is 17.7 Å². The Hall–Kier alpha value is -0.640. The third-order valence-electron chi connectivity index (χ3n) is 3.12. The molecule has 1 saturated carbocycles. The molecule has 0 unspecified atom stereocenters. The van der Waals surface area contributed by atoms with Crippen molar-refractivity contribution in [3.8, 4) is 0 Å². The van der Waals surface area contributed by atoms with Crippen LogP contribution >= 0.6 is 11.6 Å². The SMILES string of the molecule is OCC1(CNCc2ccc(Cl)cc2F)CC1. The molecule has 0 saturated heterocycles. The molecule has 88 valence electrons. The molecule has 0 atom stereocenters. The van der Waals surface area contributed by atoms with Gasteiger partial charge >= 0.3 is 0 Å². The Morgan fingerprint density at radius 3 is 2.75 bits per heavy atom. The highest BCUT2D eigenvalue weighted by Gasteiger charge is 2.41. The van der Waals surface area contributed by atoms with Crippen molar-refractivity contribution in [1.82, 2.24) is 5.32 Å². The minimum Gasteiger partial charge on any atom is -0.396 e. The summed E-state index contributed by atoms with van der Waals surface area (Å²) in [7, 11) is 0. The number of nitrogens with one attached hydrogen (secondary N) is 1. The van der Waals surface area contributed by atoms with Crippen molar-refractivity contribution in [2.75, 3.05) is 13.2 Å². The van der Waals surface area contributed by atoms with Crippen molar-refractivity contribution in [2.45, 2.75) is 19.4 Å². The van der Waals surface area contributed by atoms with Crippen molar-refractivity contribution in [2.24, 2.45) is 5.41 Å². The first-order valence-electron chi connectivity index (χ1n) is 5.41. The van der Waals surface area contributed by atoms with E-state index in [9.17, 15) is 4.39 Å². The average molecular weight is 244 g/mol. The minimum atomic E-state index is -0.283. The molecular formula is C12H15ClFNO. The molecule has 0 spiro atoms. The van der Waals surface area contributed by atoms with Crippen LogP contribution in [0.5, 0.6) is 0 Å². The fraction of sp³-hybridized carbons (Fsp3) is 0.500. The normalized spacial score (nSPS) is 17.4. The maximum atomic E-state index is 13.4. The van der Waals surface area contributed by atoms with Gasteiger partial charge in [-0.3, -0.25) is 0 Å². The molecule has 0 bridgehead atoms. The number of hydrogen-bond donors (Lipinski definition) is 2. The molecule has 1 aliphatic rings. The molecule has 0 radical (unpaired) electrons. The monoisotopic (exact) mass is 243 g/mol. The Balaban J connectivity index is 1.85. The van der Waals surface area contributed by atoms with Crippen LogP contribution in [0, 0.1) is 11.2 Å². The molecule has 1 aliphatic carbocycles. The Morgan fingerprint density at radius 2 is 2.19 bits per heavy atom. The molecule has 16 heavy (non-hydrogen) atoms. The van der Waals surface area contributed by atoms with E-state index in [4.69, 9.17) is 16.7 Å². The lowest BCUT2D eigenvalue weighted by molar-refractivity contribution is 0.207. The summed E-state index contributed by atoms with van der Waals surface area (Å²) in [5.41, 5.74) is 0.668. The minimum absolute atomic E-state index is 0.0584. The van der Waals surface area contributed by atoms with Crippen molar-refractivity contribution < 1.29 is 9.50 Å². The Morgan fingerprint density at radius 1 is 1.44 bits per heavy atom. The molecule has 0 heterocycles. The molecular weight excluding hydrogens is 229 g/mol. The summed E-state index contributed by atoms with van der Waals surface area (Å²) in [6, 6.07) is 4.68. The van der Waals surface area contributed by atoms with Crippen LogP contribution in [0.3, 0.4) is 0 Å². The Bertz CT molecular complexity index is 379. The average Bonchev–Trinajstić information content (AvgIpc) is 3.02. The summed E-state index contributed by atoms with van der Waals surface area (Å²) in [5, 5.41) is 12.7. The number of aliphatic hydroxyl groups excluding tert-OH is 1. The highest BCUT2D eigenvalue weighted by Crippen LogP contribution is 2.44. The van der Waals surface area contributed by atoms with Crippen molar-refractivity contribution in [1.29, 1.82) is 0 Å². The summed E-state index contributed by atoms with van der Waals surface area (Å²) < 4.78 is 13.4. The second kappa shape index (κ2) is 4.70. The van der Waals surface area contributed by atoms with E-state index in [0.717, 1.165) is 19.4 Å². The zero-order valence-corrected chi connectivity index (χ0v) is 9.73. The van der Waals surface area contributed by atoms with E-state index in [0.29, 0.717) is 17.1 Å². The first-order valence-corrected chi connectivity index (χ1v) is 5.79. The van der Waals surface area contributed by atoms with Crippen LogP contribution in [-0.2, 0) is 6.54 Å². The van der Waals surface area contributed by atoms with E-state index in [1.807, 2.05) is 0 Å². The highest BCUT2D eigenvalue weighted by molar-refractivity contribution is 6.30. The lowest BCUT2D eigenvalue weighted by atomic mass is 10.1. The third kappa shape index (κ3) is 2.73. The molecule has 2 N–H and O–H groups in total. The lowest BCUT2D eigenvalue weighted by Crippen LogP contribution is -2.26. The van der Waals surface area contributed by atoms with Crippen LogP contribution in [0.2, 0.25) is 5.02 Å². The van der Waals surface area contributed by atoms with Gasteiger partial charge in [-0.05, 0) is 25.0 Å². The van der Waals surface area contributed by atoms with Gasteiger partial charge in [0, 0.05) is 35.7 Å². The third-order valence-corrected chi connectivity index (χ3v) is 3.36. The van der Waals surface area contributed by atoms with Crippen LogP contribution in [-0.4, -0.2) is 18.3 Å². The standard InChI is InChI=1S/C12H15ClFNO/c13-10-2-1-9(11(14)5-10)6-15-7-12(8-16)3-4-12/h1-2,5,15-16H,3-4,6-8H2. The Kier molecular flexibility index (Phi) is 3.47. The zero-order chi connectivity index (χ0) is 11.6. The summed E-state index contributed by atoms with van der Waals surface area (Å²) in [4.78, 5) is 0. The fourth-order valence-corrected chi connectivity index (χ4v) is 1.85. The first kappa shape index (κ1) is 11.8. The van der Waals surface area contributed by atoms with Gasteiger partial charge in [-0.15, -0.1) is 0 Å². The number of rotatable bonds is 5. The zero-order valence-electron chi connectivity index (χ0n) is 8.97. The van der Waals surface area contributed by atoms with Crippen molar-refractivity contribution in [3.63, 3.8) is 0 Å². The van der Waals surface area contributed by atoms with Gasteiger partial charge in [-0.2, -0.15) is 0 Å². The summed E-state index contributed by atoms with van der Waals surface area (Å²) >= 11 is 5.66. The number of halogens is 2. The molecule has 1 aromatic rings. The predicted molar refractivity (Wildman–Crippen MR) is 61.9 cm³/mol. The highest BCUT2D eigenvalue weighted by atomic mass is 35.5. The number of aliphatic hydroxyl groups is 1. The van der Waals surface area contributed by atoms with Crippen molar-refractivity contribution in [3.05, 3.63) is 34.6 Å². The molecule has 0 amide bonds. The van der Waals surface area contributed by atoms with Gasteiger partial charge in [0.05, 0.1) is 0 Å². The number of benzene rings is 1. The van der Waals surface area contributed by atoms with Crippen LogP contribution in [0.15, 0.2) is 18.2 Å². The molecule has 2 nitrogen and oxygen atoms in total. The molecule has 0 aliphatic heterocycles. The fourth-order valence-electron chi connectivity index (χ4n) is 1.69. The van der Waals surface area contributed by atoms with Crippen LogP contribution in [0.1, 0.15) is 18.4 Å². The maximum absolute atomic E-state index is 13.4. The van der Waals surface area contributed by atoms with Crippen LogP contribution in [0.25, 0.3) is 0 Å². The van der Waals surface area contributed by atoms with Gasteiger partial charge in [0.25, 0.3) is 0 Å². The largest absolute Gasteiger partial charge is 0.396 e. The maximum Gasteiger partial charge on any atom is 0.129 e.